The van der Waals surface area contributed by atoms with Crippen LogP contribution in [0.15, 0.2) is 10.9 Å². The SMILES string of the molecule is Cc1nnc(N2CCN(CCn3nc4c(cc3=O)CSCC4)CC2)s1. The smallest absolute Gasteiger partial charge is 0.267 e. The molecule has 0 bridgehead atoms. The lowest BCUT2D eigenvalue weighted by Crippen LogP contribution is -2.47. The summed E-state index contributed by atoms with van der Waals surface area (Å²) in [7, 11) is 0. The van der Waals surface area contributed by atoms with Gasteiger partial charge >= 0.3 is 0 Å². The quantitative estimate of drug-likeness (QED) is 0.787. The van der Waals surface area contributed by atoms with Crippen molar-refractivity contribution in [1.82, 2.24) is 24.9 Å². The third kappa shape index (κ3) is 3.88. The normalized spacial score (nSPS) is 18.4. The fourth-order valence-corrected chi connectivity index (χ4v) is 4.92. The zero-order chi connectivity index (χ0) is 17.2. The molecule has 134 valence electrons. The van der Waals surface area contributed by atoms with Gasteiger partial charge in [-0.15, -0.1) is 10.2 Å². The first-order chi connectivity index (χ1) is 12.2. The lowest BCUT2D eigenvalue weighted by molar-refractivity contribution is 0.242. The standard InChI is InChI=1S/C16H22N6OS2/c1-12-17-18-16(25-12)21-6-3-20(4-7-21)5-8-22-15(23)10-13-11-24-9-2-14(13)19-22/h10H,2-9,11H2,1H3. The maximum Gasteiger partial charge on any atom is 0.267 e. The fraction of sp³-hybridized carbons (Fsp3) is 0.625. The van der Waals surface area contributed by atoms with E-state index in [0.717, 1.165) is 72.0 Å². The van der Waals surface area contributed by atoms with E-state index < -0.39 is 0 Å². The first-order valence-corrected chi connectivity index (χ1v) is 10.6. The molecule has 2 aromatic rings. The molecule has 7 nitrogen and oxygen atoms in total. The summed E-state index contributed by atoms with van der Waals surface area (Å²) in [5.74, 6) is 2.02. The number of aromatic nitrogens is 4. The van der Waals surface area contributed by atoms with E-state index in [1.165, 1.54) is 0 Å². The first-order valence-electron chi connectivity index (χ1n) is 8.64. The minimum atomic E-state index is 0.0317. The zero-order valence-electron chi connectivity index (χ0n) is 14.3. The van der Waals surface area contributed by atoms with Crippen LogP contribution in [0, 0.1) is 6.92 Å². The summed E-state index contributed by atoms with van der Waals surface area (Å²) >= 11 is 3.53. The van der Waals surface area contributed by atoms with Crippen LogP contribution in [-0.2, 0) is 18.7 Å². The average Bonchev–Trinajstić information content (AvgIpc) is 3.07. The van der Waals surface area contributed by atoms with Crippen molar-refractivity contribution in [3.8, 4) is 0 Å². The van der Waals surface area contributed by atoms with Crippen LogP contribution in [-0.4, -0.2) is 63.4 Å². The van der Waals surface area contributed by atoms with Crippen molar-refractivity contribution in [3.05, 3.63) is 32.7 Å². The van der Waals surface area contributed by atoms with Gasteiger partial charge in [0.1, 0.15) is 5.01 Å². The summed E-state index contributed by atoms with van der Waals surface area (Å²) in [6, 6.07) is 1.78. The number of fused-ring (bicyclic) bond motifs is 1. The number of thioether (sulfide) groups is 1. The van der Waals surface area contributed by atoms with E-state index in [4.69, 9.17) is 0 Å². The lowest BCUT2D eigenvalue weighted by atomic mass is 10.2. The van der Waals surface area contributed by atoms with Crippen LogP contribution in [0.5, 0.6) is 0 Å². The Morgan fingerprint density at radius 1 is 1.16 bits per heavy atom. The van der Waals surface area contributed by atoms with Gasteiger partial charge in [-0.1, -0.05) is 11.3 Å². The van der Waals surface area contributed by atoms with Crippen LogP contribution in [0.25, 0.3) is 0 Å². The molecule has 0 amide bonds. The lowest BCUT2D eigenvalue weighted by Gasteiger charge is -2.34. The number of anilines is 1. The zero-order valence-corrected chi connectivity index (χ0v) is 16.0. The monoisotopic (exact) mass is 378 g/mol. The van der Waals surface area contributed by atoms with Crippen LogP contribution in [0.4, 0.5) is 5.13 Å². The van der Waals surface area contributed by atoms with Gasteiger partial charge in [-0.2, -0.15) is 16.9 Å². The summed E-state index contributed by atoms with van der Waals surface area (Å²) in [4.78, 5) is 16.9. The maximum absolute atomic E-state index is 12.3. The van der Waals surface area contributed by atoms with Crippen molar-refractivity contribution in [2.75, 3.05) is 43.4 Å². The summed E-state index contributed by atoms with van der Waals surface area (Å²) in [5, 5.41) is 15.0. The predicted molar refractivity (Wildman–Crippen MR) is 102 cm³/mol. The molecule has 1 fully saturated rings. The third-order valence-corrected chi connectivity index (χ3v) is 6.60. The van der Waals surface area contributed by atoms with Crippen LogP contribution in [0.1, 0.15) is 16.3 Å². The average molecular weight is 379 g/mol. The van der Waals surface area contributed by atoms with Gasteiger partial charge in [0.05, 0.1) is 12.2 Å². The van der Waals surface area contributed by atoms with Crippen LogP contribution in [0.3, 0.4) is 0 Å². The molecule has 9 heteroatoms. The second-order valence-corrected chi connectivity index (χ2v) is 8.68. The highest BCUT2D eigenvalue weighted by atomic mass is 32.2. The number of aryl methyl sites for hydroxylation is 2. The highest BCUT2D eigenvalue weighted by molar-refractivity contribution is 7.98. The number of nitrogens with zero attached hydrogens (tertiary/aromatic N) is 6. The fourth-order valence-electron chi connectivity index (χ4n) is 3.23. The second-order valence-electron chi connectivity index (χ2n) is 6.41. The second kappa shape index (κ2) is 7.43. The molecule has 4 heterocycles. The Bertz CT molecular complexity index is 796. The first kappa shape index (κ1) is 17.0. The van der Waals surface area contributed by atoms with Crippen molar-refractivity contribution in [3.63, 3.8) is 0 Å². The molecule has 0 aromatic carbocycles. The van der Waals surface area contributed by atoms with Crippen molar-refractivity contribution < 1.29 is 0 Å². The highest BCUT2D eigenvalue weighted by Gasteiger charge is 2.20. The Morgan fingerprint density at radius 2 is 2.00 bits per heavy atom. The van der Waals surface area contributed by atoms with E-state index in [2.05, 4.69) is 25.1 Å². The van der Waals surface area contributed by atoms with Crippen molar-refractivity contribution in [1.29, 1.82) is 0 Å². The molecule has 2 aromatic heterocycles. The van der Waals surface area contributed by atoms with Crippen molar-refractivity contribution >= 4 is 28.2 Å². The van der Waals surface area contributed by atoms with E-state index in [1.54, 1.807) is 22.1 Å². The van der Waals surface area contributed by atoms with Gasteiger partial charge in [-0.3, -0.25) is 9.69 Å². The van der Waals surface area contributed by atoms with Crippen molar-refractivity contribution in [2.45, 2.75) is 25.6 Å². The maximum atomic E-state index is 12.3. The Morgan fingerprint density at radius 3 is 2.76 bits per heavy atom. The Balaban J connectivity index is 1.33. The predicted octanol–water partition coefficient (Wildman–Crippen LogP) is 1.01. The minimum absolute atomic E-state index is 0.0317. The number of hydrogen-bond acceptors (Lipinski definition) is 8. The third-order valence-electron chi connectivity index (χ3n) is 4.69. The largest absolute Gasteiger partial charge is 0.344 e. The molecule has 0 atom stereocenters. The van der Waals surface area contributed by atoms with Gasteiger partial charge in [-0.25, -0.2) is 4.68 Å². The van der Waals surface area contributed by atoms with E-state index in [-0.39, 0.29) is 5.56 Å². The Labute approximate surface area is 155 Å². The van der Waals surface area contributed by atoms with Gasteiger partial charge in [0.25, 0.3) is 5.56 Å². The van der Waals surface area contributed by atoms with Crippen LogP contribution < -0.4 is 10.5 Å². The van der Waals surface area contributed by atoms with Crippen LogP contribution >= 0.6 is 23.1 Å². The summed E-state index contributed by atoms with van der Waals surface area (Å²) in [6.07, 6.45) is 0.972. The van der Waals surface area contributed by atoms with E-state index in [1.807, 2.05) is 18.7 Å². The summed E-state index contributed by atoms with van der Waals surface area (Å²) in [6.45, 7) is 7.39. The molecule has 4 rings (SSSR count). The molecule has 0 N–H and O–H groups in total. The molecule has 2 aliphatic heterocycles. The highest BCUT2D eigenvalue weighted by Crippen LogP contribution is 2.22. The summed E-state index contributed by atoms with van der Waals surface area (Å²) < 4.78 is 1.65. The number of piperazine rings is 1. The Kier molecular flexibility index (Phi) is 5.05. The molecular formula is C16H22N6OS2. The van der Waals surface area contributed by atoms with E-state index >= 15 is 0 Å². The molecule has 0 radical (unpaired) electrons. The van der Waals surface area contributed by atoms with Gasteiger partial charge in [0.2, 0.25) is 5.13 Å². The Hall–Kier alpha value is -1.45. The molecule has 0 unspecified atom stereocenters. The number of rotatable bonds is 4. The topological polar surface area (TPSA) is 67.2 Å². The molecule has 0 saturated carbocycles. The molecule has 0 spiro atoms. The minimum Gasteiger partial charge on any atom is -0.344 e. The van der Waals surface area contributed by atoms with Gasteiger partial charge < -0.3 is 4.90 Å². The molecule has 0 aliphatic carbocycles. The van der Waals surface area contributed by atoms with Gasteiger partial charge in [0.15, 0.2) is 0 Å². The molecule has 25 heavy (non-hydrogen) atoms. The van der Waals surface area contributed by atoms with Gasteiger partial charge in [0, 0.05) is 51.0 Å². The van der Waals surface area contributed by atoms with Gasteiger partial charge in [-0.05, 0) is 18.2 Å². The number of hydrogen-bond donors (Lipinski definition) is 0. The van der Waals surface area contributed by atoms with Crippen LogP contribution in [0.2, 0.25) is 0 Å². The van der Waals surface area contributed by atoms with E-state index in [9.17, 15) is 4.79 Å². The molecular weight excluding hydrogens is 356 g/mol. The molecule has 2 aliphatic rings. The molecule has 1 saturated heterocycles. The van der Waals surface area contributed by atoms with E-state index in [0.29, 0.717) is 6.54 Å². The van der Waals surface area contributed by atoms with Crippen molar-refractivity contribution in [2.24, 2.45) is 0 Å². The summed E-state index contributed by atoms with van der Waals surface area (Å²) in [5.41, 5.74) is 2.26.